The number of aromatic nitrogens is 5. The van der Waals surface area contributed by atoms with E-state index in [4.69, 9.17) is 5.73 Å². The number of imidazole rings is 1. The van der Waals surface area contributed by atoms with Crippen LogP contribution in [0.15, 0.2) is 42.9 Å². The average Bonchev–Trinajstić information content (AvgIpc) is 3.36. The number of nitrogens with one attached hydrogen (secondary N) is 1. The molecular formula is C23H20F3N7O. The van der Waals surface area contributed by atoms with Crippen LogP contribution in [0.2, 0.25) is 0 Å². The lowest BCUT2D eigenvalue weighted by atomic mass is 9.77. The fraction of sp³-hybridized carbons (Fsp3) is 0.261. The van der Waals surface area contributed by atoms with E-state index in [9.17, 15) is 18.0 Å². The molecule has 34 heavy (non-hydrogen) atoms. The van der Waals surface area contributed by atoms with Gasteiger partial charge in [-0.2, -0.15) is 13.2 Å². The van der Waals surface area contributed by atoms with Crippen LogP contribution in [0.4, 0.5) is 24.8 Å². The first-order valence-electron chi connectivity index (χ1n) is 10.6. The van der Waals surface area contributed by atoms with Gasteiger partial charge in [0.05, 0.1) is 16.8 Å². The number of fused-ring (bicyclic) bond motifs is 2. The number of anilines is 2. The van der Waals surface area contributed by atoms with Crippen LogP contribution in [-0.4, -0.2) is 30.2 Å². The maximum atomic E-state index is 13.0. The van der Waals surface area contributed by atoms with Crippen LogP contribution in [0.3, 0.4) is 0 Å². The van der Waals surface area contributed by atoms with E-state index in [1.54, 1.807) is 25.5 Å². The normalized spacial score (nSPS) is 17.7. The molecule has 0 aliphatic carbocycles. The molecule has 1 aromatic carbocycles. The number of rotatable bonds is 4. The Hall–Kier alpha value is -4.02. The molecule has 4 aromatic rings. The number of amides is 1. The molecule has 1 amide bonds. The lowest BCUT2D eigenvalue weighted by Gasteiger charge is -2.24. The fourth-order valence-corrected chi connectivity index (χ4v) is 4.30. The molecular weight excluding hydrogens is 447 g/mol. The van der Waals surface area contributed by atoms with Crippen molar-refractivity contribution in [2.45, 2.75) is 38.3 Å². The van der Waals surface area contributed by atoms with Crippen molar-refractivity contribution in [1.29, 1.82) is 0 Å². The lowest BCUT2D eigenvalue weighted by molar-refractivity contribution is -0.137. The smallest absolute Gasteiger partial charge is 0.383 e. The van der Waals surface area contributed by atoms with Crippen molar-refractivity contribution in [3.8, 4) is 11.5 Å². The van der Waals surface area contributed by atoms with Crippen LogP contribution in [0.25, 0.3) is 17.2 Å². The monoisotopic (exact) mass is 467 g/mol. The highest BCUT2D eigenvalue weighted by Gasteiger charge is 2.48. The number of hydrogen-bond acceptors (Lipinski definition) is 6. The molecule has 0 saturated heterocycles. The number of carbonyl (C=O) groups is 1. The van der Waals surface area contributed by atoms with Crippen LogP contribution >= 0.6 is 0 Å². The van der Waals surface area contributed by atoms with Gasteiger partial charge in [-0.3, -0.25) is 4.79 Å². The molecule has 4 heterocycles. The maximum absolute atomic E-state index is 13.0. The second-order valence-electron chi connectivity index (χ2n) is 8.29. The quantitative estimate of drug-likeness (QED) is 0.469. The van der Waals surface area contributed by atoms with Crippen molar-refractivity contribution in [3.05, 3.63) is 65.2 Å². The van der Waals surface area contributed by atoms with Gasteiger partial charge in [0.1, 0.15) is 22.7 Å². The largest absolute Gasteiger partial charge is 0.416 e. The number of aryl methyl sites for hydroxylation is 1. The molecule has 0 radical (unpaired) electrons. The molecule has 1 aliphatic rings. The molecule has 3 N–H and O–H groups in total. The summed E-state index contributed by atoms with van der Waals surface area (Å²) >= 11 is 0. The zero-order valence-corrected chi connectivity index (χ0v) is 18.3. The minimum absolute atomic E-state index is 0.0466. The number of nitrogens with zero attached hydrogens (tertiary/aromatic N) is 5. The molecule has 0 spiro atoms. The lowest BCUT2D eigenvalue weighted by Crippen LogP contribution is -2.33. The van der Waals surface area contributed by atoms with Gasteiger partial charge in [-0.15, -0.1) is 0 Å². The van der Waals surface area contributed by atoms with E-state index in [1.807, 2.05) is 11.3 Å². The molecule has 1 atom stereocenters. The van der Waals surface area contributed by atoms with Gasteiger partial charge in [0.2, 0.25) is 5.91 Å². The van der Waals surface area contributed by atoms with Gasteiger partial charge in [-0.25, -0.2) is 19.9 Å². The van der Waals surface area contributed by atoms with Crippen molar-refractivity contribution >= 4 is 23.2 Å². The number of benzene rings is 1. The Labute approximate surface area is 192 Å². The third-order valence-electron chi connectivity index (χ3n) is 6.07. The molecule has 1 aliphatic heterocycles. The number of carbonyl (C=O) groups excluding carboxylic acids is 1. The highest BCUT2D eigenvalue weighted by Crippen LogP contribution is 2.45. The van der Waals surface area contributed by atoms with Gasteiger partial charge < -0.3 is 15.5 Å². The molecule has 3 aromatic heterocycles. The number of alkyl halides is 3. The summed E-state index contributed by atoms with van der Waals surface area (Å²) < 4.78 is 40.8. The first kappa shape index (κ1) is 21.8. The van der Waals surface area contributed by atoms with Gasteiger partial charge in [-0.1, -0.05) is 25.5 Å². The van der Waals surface area contributed by atoms with E-state index in [1.165, 1.54) is 12.1 Å². The number of nitrogens with two attached hydrogens (primary N) is 1. The summed E-state index contributed by atoms with van der Waals surface area (Å²) in [6, 6.07) is 4.43. The zero-order chi connectivity index (χ0) is 24.3. The van der Waals surface area contributed by atoms with Crippen molar-refractivity contribution in [2.24, 2.45) is 0 Å². The number of nitrogen functional groups attached to an aromatic ring is 1. The van der Waals surface area contributed by atoms with Crippen LogP contribution in [0, 0.1) is 0 Å². The Morgan fingerprint density at radius 3 is 2.56 bits per heavy atom. The molecule has 11 heteroatoms. The van der Waals surface area contributed by atoms with Crippen LogP contribution < -0.4 is 11.1 Å². The molecule has 1 unspecified atom stereocenters. The summed E-state index contributed by atoms with van der Waals surface area (Å²) in [4.78, 5) is 31.0. The summed E-state index contributed by atoms with van der Waals surface area (Å²) in [5.74, 6) is 0.0241. The predicted octanol–water partition coefficient (Wildman–Crippen LogP) is 4.00. The summed E-state index contributed by atoms with van der Waals surface area (Å²) in [6.45, 7) is 3.63. The van der Waals surface area contributed by atoms with Crippen molar-refractivity contribution in [3.63, 3.8) is 0 Å². The topological polar surface area (TPSA) is 111 Å². The molecule has 0 saturated carbocycles. The minimum atomic E-state index is -4.48. The second kappa shape index (κ2) is 7.51. The van der Waals surface area contributed by atoms with Gasteiger partial charge in [0, 0.05) is 18.6 Å². The molecule has 0 fully saturated rings. The number of hydrogen-bond donors (Lipinski definition) is 2. The van der Waals surface area contributed by atoms with Crippen molar-refractivity contribution in [2.75, 3.05) is 11.1 Å². The van der Waals surface area contributed by atoms with E-state index >= 15 is 0 Å². The van der Waals surface area contributed by atoms with Crippen LogP contribution in [-0.2, 0) is 22.8 Å². The Balaban J connectivity index is 1.61. The van der Waals surface area contributed by atoms with Gasteiger partial charge >= 0.3 is 6.18 Å². The van der Waals surface area contributed by atoms with E-state index in [-0.39, 0.29) is 17.5 Å². The number of halogens is 3. The third-order valence-corrected chi connectivity index (χ3v) is 6.07. The van der Waals surface area contributed by atoms with Crippen LogP contribution in [0.5, 0.6) is 0 Å². The first-order valence-corrected chi connectivity index (χ1v) is 10.6. The Morgan fingerprint density at radius 2 is 1.88 bits per heavy atom. The minimum Gasteiger partial charge on any atom is -0.383 e. The summed E-state index contributed by atoms with van der Waals surface area (Å²) in [5.41, 5.74) is 6.80. The van der Waals surface area contributed by atoms with Gasteiger partial charge in [0.15, 0.2) is 11.5 Å². The Morgan fingerprint density at radius 1 is 1.15 bits per heavy atom. The first-order chi connectivity index (χ1) is 16.1. The molecule has 8 nitrogen and oxygen atoms in total. The fourth-order valence-electron chi connectivity index (χ4n) is 4.30. The van der Waals surface area contributed by atoms with Crippen molar-refractivity contribution in [1.82, 2.24) is 24.3 Å². The molecule has 5 rings (SSSR count). The van der Waals surface area contributed by atoms with E-state index in [2.05, 4.69) is 25.3 Å². The maximum Gasteiger partial charge on any atom is 0.416 e. The predicted molar refractivity (Wildman–Crippen MR) is 119 cm³/mol. The standard InChI is InChI=1S/C23H20F3N7O/c1-3-4-14-20-28-9-10-33(20)11-15(29-14)18-30-17(27)16-19(31-18)32-21(34)22(16,2)12-5-7-13(8-6-12)23(24,25)26/h5-11H,3-4H2,1-2H3,(H3,27,30,31,32,34). The van der Waals surface area contributed by atoms with Gasteiger partial charge in [0.25, 0.3) is 0 Å². The SMILES string of the molecule is CCCc1nc(-c2nc(N)c3c(n2)NC(=O)C3(C)c2ccc(C(F)(F)F)cc2)cn2ccnc12. The van der Waals surface area contributed by atoms with Crippen molar-refractivity contribution < 1.29 is 18.0 Å². The average molecular weight is 467 g/mol. The molecule has 0 bridgehead atoms. The van der Waals surface area contributed by atoms with Gasteiger partial charge in [-0.05, 0) is 31.0 Å². The second-order valence-corrected chi connectivity index (χ2v) is 8.29. The third kappa shape index (κ3) is 3.27. The van der Waals surface area contributed by atoms with E-state index < -0.39 is 23.1 Å². The Kier molecular flexibility index (Phi) is 4.81. The van der Waals surface area contributed by atoms with E-state index in [0.29, 0.717) is 23.2 Å². The highest BCUT2D eigenvalue weighted by molar-refractivity contribution is 6.09. The summed E-state index contributed by atoms with van der Waals surface area (Å²) in [7, 11) is 0. The summed E-state index contributed by atoms with van der Waals surface area (Å²) in [5, 5.41) is 2.72. The molecule has 174 valence electrons. The Bertz CT molecular complexity index is 1430. The van der Waals surface area contributed by atoms with Crippen LogP contribution in [0.1, 0.15) is 42.7 Å². The summed E-state index contributed by atoms with van der Waals surface area (Å²) in [6.07, 6.45) is 2.29. The zero-order valence-electron chi connectivity index (χ0n) is 18.3. The highest BCUT2D eigenvalue weighted by atomic mass is 19.4. The van der Waals surface area contributed by atoms with E-state index in [0.717, 1.165) is 29.9 Å².